The van der Waals surface area contributed by atoms with Crippen LogP contribution in [-0.4, -0.2) is 44.6 Å². The first kappa shape index (κ1) is 18.7. The van der Waals surface area contributed by atoms with Crippen molar-refractivity contribution in [1.82, 2.24) is 0 Å². The molecule has 0 bridgehead atoms. The van der Waals surface area contributed by atoms with Crippen molar-refractivity contribution < 1.29 is 17.9 Å². The van der Waals surface area contributed by atoms with Gasteiger partial charge in [0.1, 0.15) is 0 Å². The van der Waals surface area contributed by atoms with Gasteiger partial charge in [-0.3, -0.25) is 4.79 Å². The number of benzene rings is 1. The van der Waals surface area contributed by atoms with Crippen LogP contribution in [0, 0.1) is 12.8 Å². The molecule has 1 aromatic rings. The number of carbonyl (C=O) groups excluding carboxylic acids is 1. The van der Waals surface area contributed by atoms with Crippen molar-refractivity contribution >= 4 is 33.0 Å². The van der Waals surface area contributed by atoms with E-state index in [-0.39, 0.29) is 41.9 Å². The van der Waals surface area contributed by atoms with Gasteiger partial charge in [0.15, 0.2) is 9.84 Å². The quantitative estimate of drug-likeness (QED) is 0.799. The first-order valence-corrected chi connectivity index (χ1v) is 10.9. The zero-order valence-electron chi connectivity index (χ0n) is 14.6. The maximum atomic E-state index is 13.1. The van der Waals surface area contributed by atoms with Crippen LogP contribution in [0.1, 0.15) is 31.7 Å². The Labute approximate surface area is 154 Å². The van der Waals surface area contributed by atoms with Crippen LogP contribution >= 0.6 is 11.6 Å². The molecule has 2 aliphatic rings. The van der Waals surface area contributed by atoms with Gasteiger partial charge in [-0.15, -0.1) is 0 Å². The minimum absolute atomic E-state index is 0.0515. The molecule has 2 aliphatic heterocycles. The van der Waals surface area contributed by atoms with Crippen molar-refractivity contribution in [2.75, 3.05) is 23.0 Å². The van der Waals surface area contributed by atoms with E-state index in [4.69, 9.17) is 16.3 Å². The van der Waals surface area contributed by atoms with Gasteiger partial charge in [-0.25, -0.2) is 8.42 Å². The van der Waals surface area contributed by atoms with Gasteiger partial charge in [-0.2, -0.15) is 0 Å². The lowest BCUT2D eigenvalue weighted by Gasteiger charge is -2.32. The third-order valence-electron chi connectivity index (χ3n) is 5.16. The summed E-state index contributed by atoms with van der Waals surface area (Å²) in [6.07, 6.45) is 1.51. The second kappa shape index (κ2) is 7.25. The Morgan fingerprint density at radius 2 is 2.12 bits per heavy atom. The molecular weight excluding hydrogens is 362 g/mol. The molecule has 1 aromatic carbocycles. The molecule has 3 atom stereocenters. The number of ether oxygens (including phenoxy) is 1. The molecule has 25 heavy (non-hydrogen) atoms. The van der Waals surface area contributed by atoms with Crippen LogP contribution in [0.4, 0.5) is 5.69 Å². The smallest absolute Gasteiger partial charge is 0.227 e. The summed E-state index contributed by atoms with van der Waals surface area (Å²) in [5.74, 6) is 0.144. The molecule has 0 aromatic heterocycles. The molecule has 1 amide bonds. The molecule has 0 aliphatic carbocycles. The summed E-state index contributed by atoms with van der Waals surface area (Å²) in [5, 5.41) is 0.616. The predicted molar refractivity (Wildman–Crippen MR) is 98.9 cm³/mol. The molecule has 0 radical (unpaired) electrons. The molecule has 3 rings (SSSR count). The molecule has 2 saturated heterocycles. The number of rotatable bonds is 4. The van der Waals surface area contributed by atoms with Crippen LogP contribution in [0.15, 0.2) is 18.2 Å². The molecule has 5 nitrogen and oxygen atoms in total. The van der Waals surface area contributed by atoms with E-state index in [0.717, 1.165) is 17.7 Å². The van der Waals surface area contributed by atoms with Crippen molar-refractivity contribution in [3.05, 3.63) is 28.8 Å². The number of aryl methyl sites for hydroxylation is 1. The Morgan fingerprint density at radius 1 is 1.36 bits per heavy atom. The highest BCUT2D eigenvalue weighted by molar-refractivity contribution is 7.91. The minimum atomic E-state index is -2.99. The van der Waals surface area contributed by atoms with Gasteiger partial charge in [0.2, 0.25) is 5.91 Å². The van der Waals surface area contributed by atoms with Crippen LogP contribution in [-0.2, 0) is 19.4 Å². The Morgan fingerprint density at radius 3 is 2.68 bits per heavy atom. The van der Waals surface area contributed by atoms with E-state index in [0.29, 0.717) is 18.1 Å². The van der Waals surface area contributed by atoms with Crippen molar-refractivity contribution in [3.63, 3.8) is 0 Å². The average Bonchev–Trinajstić information content (AvgIpc) is 3.09. The maximum Gasteiger partial charge on any atom is 0.227 e. The van der Waals surface area contributed by atoms with Crippen LogP contribution in [0.25, 0.3) is 0 Å². The summed E-state index contributed by atoms with van der Waals surface area (Å²) in [4.78, 5) is 14.8. The van der Waals surface area contributed by atoms with Gasteiger partial charge in [0.05, 0.1) is 23.7 Å². The number of anilines is 1. The van der Waals surface area contributed by atoms with E-state index in [9.17, 15) is 13.2 Å². The number of nitrogens with zero attached hydrogens (tertiary/aromatic N) is 1. The third-order valence-corrected chi connectivity index (χ3v) is 7.40. The molecule has 1 unspecified atom stereocenters. The summed E-state index contributed by atoms with van der Waals surface area (Å²) in [6, 6.07) is 5.56. The van der Waals surface area contributed by atoms with E-state index in [1.807, 2.05) is 32.0 Å². The summed E-state index contributed by atoms with van der Waals surface area (Å²) in [5.41, 5.74) is 1.71. The first-order chi connectivity index (χ1) is 11.8. The maximum absolute atomic E-state index is 13.1. The fraction of sp³-hybridized carbons (Fsp3) is 0.611. The van der Waals surface area contributed by atoms with Gasteiger partial charge < -0.3 is 9.64 Å². The number of amides is 1. The molecule has 0 spiro atoms. The van der Waals surface area contributed by atoms with Crippen molar-refractivity contribution in [2.45, 2.75) is 45.3 Å². The van der Waals surface area contributed by atoms with Gasteiger partial charge in [-0.05, 0) is 50.3 Å². The van der Waals surface area contributed by atoms with Gasteiger partial charge in [0, 0.05) is 23.7 Å². The fourth-order valence-electron chi connectivity index (χ4n) is 3.69. The number of sulfone groups is 1. The fourth-order valence-corrected chi connectivity index (χ4v) is 5.73. The zero-order chi connectivity index (χ0) is 18.2. The Kier molecular flexibility index (Phi) is 5.42. The van der Waals surface area contributed by atoms with Crippen molar-refractivity contribution in [1.29, 1.82) is 0 Å². The zero-order valence-corrected chi connectivity index (χ0v) is 16.1. The van der Waals surface area contributed by atoms with Crippen LogP contribution in [0.5, 0.6) is 0 Å². The van der Waals surface area contributed by atoms with Crippen molar-refractivity contribution in [2.24, 2.45) is 5.92 Å². The van der Waals surface area contributed by atoms with E-state index in [1.54, 1.807) is 4.90 Å². The highest BCUT2D eigenvalue weighted by atomic mass is 35.5. The van der Waals surface area contributed by atoms with Crippen LogP contribution in [0.3, 0.4) is 0 Å². The third kappa shape index (κ3) is 4.18. The normalized spacial score (nSPS) is 28.2. The molecule has 138 valence electrons. The largest absolute Gasteiger partial charge is 0.376 e. The second-order valence-corrected chi connectivity index (χ2v) is 9.74. The predicted octanol–water partition coefficient (Wildman–Crippen LogP) is 2.98. The molecular formula is C18H24ClNO4S. The number of hydrogen-bond donors (Lipinski definition) is 0. The molecule has 2 heterocycles. The summed E-state index contributed by atoms with van der Waals surface area (Å²) in [7, 11) is -2.99. The summed E-state index contributed by atoms with van der Waals surface area (Å²) >= 11 is 6.26. The number of carbonyl (C=O) groups is 1. The van der Waals surface area contributed by atoms with Gasteiger partial charge >= 0.3 is 0 Å². The van der Waals surface area contributed by atoms with Gasteiger partial charge in [-0.1, -0.05) is 17.7 Å². The van der Waals surface area contributed by atoms with E-state index < -0.39 is 9.84 Å². The second-order valence-electron chi connectivity index (χ2n) is 7.10. The van der Waals surface area contributed by atoms with E-state index in [2.05, 4.69) is 0 Å². The molecule has 7 heteroatoms. The van der Waals surface area contributed by atoms with Gasteiger partial charge in [0.25, 0.3) is 0 Å². The monoisotopic (exact) mass is 385 g/mol. The Balaban J connectivity index is 1.85. The highest BCUT2D eigenvalue weighted by Crippen LogP contribution is 2.31. The first-order valence-electron chi connectivity index (χ1n) is 8.67. The molecule has 2 fully saturated rings. The lowest BCUT2D eigenvalue weighted by atomic mass is 10.0. The summed E-state index contributed by atoms with van der Waals surface area (Å²) in [6.45, 7) is 4.50. The summed E-state index contributed by atoms with van der Waals surface area (Å²) < 4.78 is 29.0. The van der Waals surface area contributed by atoms with Crippen LogP contribution < -0.4 is 4.90 Å². The number of halogens is 1. The van der Waals surface area contributed by atoms with E-state index in [1.165, 1.54) is 0 Å². The highest BCUT2D eigenvalue weighted by Gasteiger charge is 2.37. The average molecular weight is 386 g/mol. The van der Waals surface area contributed by atoms with E-state index >= 15 is 0 Å². The van der Waals surface area contributed by atoms with Crippen LogP contribution in [0.2, 0.25) is 5.02 Å². The Bertz CT molecular complexity index is 764. The topological polar surface area (TPSA) is 63.7 Å². The Hall–Kier alpha value is -1.11. The molecule has 0 saturated carbocycles. The molecule has 0 N–H and O–H groups in total. The standard InChI is InChI=1S/C18H24ClNO4S/c1-12-3-4-15(10-16(12)19)20(17-5-7-24-13(17)2)18(21)9-14-6-8-25(22,23)11-14/h3-4,10,13-14,17H,5-9,11H2,1-2H3/t13-,14?,17-/m0/s1. The lowest BCUT2D eigenvalue weighted by Crippen LogP contribution is -2.45. The SMILES string of the molecule is Cc1ccc(N(C(=O)CC2CCS(=O)(=O)C2)[C@H]2CCO[C@H]2C)cc1Cl. The lowest BCUT2D eigenvalue weighted by molar-refractivity contribution is -0.120. The number of hydrogen-bond acceptors (Lipinski definition) is 4. The van der Waals surface area contributed by atoms with Crippen molar-refractivity contribution in [3.8, 4) is 0 Å². The minimum Gasteiger partial charge on any atom is -0.376 e.